The number of carbonyl (C=O) groups excluding carboxylic acids is 4. The van der Waals surface area contributed by atoms with Gasteiger partial charge in [0.05, 0.1) is 16.4 Å². The van der Waals surface area contributed by atoms with Gasteiger partial charge in [-0.25, -0.2) is 4.39 Å². The summed E-state index contributed by atoms with van der Waals surface area (Å²) in [5.74, 6) is -2.14. The van der Waals surface area contributed by atoms with E-state index in [-0.39, 0.29) is 53.0 Å². The maximum Gasteiger partial charge on any atom is 0.294 e. The topological polar surface area (TPSA) is 141 Å². The highest BCUT2D eigenvalue weighted by Gasteiger charge is 2.45. The molecule has 0 fully saturated rings. The van der Waals surface area contributed by atoms with Crippen LogP contribution in [0, 0.1) is 11.8 Å². The molecule has 3 atom stereocenters. The number of anilines is 1. The number of hydrogen-bond acceptors (Lipinski definition) is 7. The lowest BCUT2D eigenvalue weighted by molar-refractivity contribution is -0.437. The van der Waals surface area contributed by atoms with Gasteiger partial charge in [-0.1, -0.05) is 114 Å². The van der Waals surface area contributed by atoms with E-state index in [0.717, 1.165) is 67.7 Å². The largest absolute Gasteiger partial charge is 0.346 e. The fraction of sp³-hybridized carbons (Fsp3) is 0.500. The molecule has 0 aliphatic carbocycles. The molecule has 1 amide bonds. The number of alkyl halides is 1. The Bertz CT molecular complexity index is 2540. The SMILES string of the molecule is CCCCN1C(=CC=CC=CC2=[N+](CCC)c3ccccc3C2(C)C)C(C)(CCCCCC(=O)CCCCC(=O)N[C@@H](C(=O)CC(Cc2ccccc2)C(=O)CF)C(C)C)c2cc(S(=O)(=O)O)ccc21. The average Bonchev–Trinajstić information content (AvgIpc) is 3.69. The standard InChI is InChI=1S/C58H76FN3O7S/c1-8-10-37-62-50-34-33-46(70(67,68)69)40-48(50)58(7,54(62)31-18-12-17-30-53-57(5,6)47-28-20-21-29-49(47)61(53)36-9-2)35-23-13-16-26-45(63)27-19-22-32-55(66)60-56(42(3)4)51(64)39-44(52(65)41-59)38-43-24-14-11-15-25-43/h11-12,14-15,17-18,20-21,24-25,28-31,33-34,40,42,44,56H,8-10,13,16,19,22-23,26-27,32,35-39,41H2,1-7H3,(H-,60,66,67,68,69)/p+1/t44?,56-,58?/m1/s1. The Hall–Kier alpha value is -5.33. The Morgan fingerprint density at radius 1 is 0.800 bits per heavy atom. The van der Waals surface area contributed by atoms with E-state index < -0.39 is 40.0 Å². The molecule has 0 bridgehead atoms. The smallest absolute Gasteiger partial charge is 0.294 e. The Kier molecular flexibility index (Phi) is 20.4. The molecule has 10 nitrogen and oxygen atoms in total. The number of unbranched alkanes of at least 4 members (excludes halogenated alkanes) is 4. The van der Waals surface area contributed by atoms with Crippen molar-refractivity contribution in [3.05, 3.63) is 126 Å². The monoisotopic (exact) mass is 979 g/mol. The molecular formula is C58H77FN3O7S+. The first-order chi connectivity index (χ1) is 33.4. The highest BCUT2D eigenvalue weighted by Crippen LogP contribution is 2.51. The summed E-state index contributed by atoms with van der Waals surface area (Å²) >= 11 is 0. The molecule has 3 aromatic carbocycles. The van der Waals surface area contributed by atoms with Crippen LogP contribution < -0.4 is 10.2 Å². The molecule has 0 radical (unpaired) electrons. The first kappa shape index (κ1) is 55.6. The van der Waals surface area contributed by atoms with E-state index in [9.17, 15) is 36.5 Å². The van der Waals surface area contributed by atoms with Gasteiger partial charge in [0.15, 0.2) is 17.3 Å². The molecule has 5 rings (SSSR count). The van der Waals surface area contributed by atoms with Gasteiger partial charge in [-0.3, -0.25) is 23.7 Å². The summed E-state index contributed by atoms with van der Waals surface area (Å²) in [6, 6.07) is 21.9. The number of nitrogens with zero attached hydrogens (tertiary/aromatic N) is 2. The third kappa shape index (κ3) is 14.2. The lowest BCUT2D eigenvalue weighted by Crippen LogP contribution is -2.45. The zero-order valence-corrected chi connectivity index (χ0v) is 43.5. The summed E-state index contributed by atoms with van der Waals surface area (Å²) < 4.78 is 50.8. The van der Waals surface area contributed by atoms with E-state index in [1.807, 2.05) is 50.2 Å². The van der Waals surface area contributed by atoms with Crippen molar-refractivity contribution in [1.82, 2.24) is 5.32 Å². The number of benzene rings is 3. The number of rotatable bonds is 29. The second kappa shape index (κ2) is 25.7. The number of halogens is 1. The van der Waals surface area contributed by atoms with E-state index in [0.29, 0.717) is 38.5 Å². The van der Waals surface area contributed by atoms with Crippen molar-refractivity contribution in [2.75, 3.05) is 24.7 Å². The number of carbonyl (C=O) groups is 4. The van der Waals surface area contributed by atoms with Gasteiger partial charge in [-0.2, -0.15) is 13.0 Å². The van der Waals surface area contributed by atoms with Crippen LogP contribution in [0.5, 0.6) is 0 Å². The summed E-state index contributed by atoms with van der Waals surface area (Å²) in [5.41, 5.74) is 6.78. The summed E-state index contributed by atoms with van der Waals surface area (Å²) in [6.45, 7) is 15.2. The summed E-state index contributed by atoms with van der Waals surface area (Å²) in [7, 11) is -4.44. The van der Waals surface area contributed by atoms with E-state index in [4.69, 9.17) is 0 Å². The predicted molar refractivity (Wildman–Crippen MR) is 279 cm³/mol. The number of nitrogens with one attached hydrogen (secondary N) is 1. The van der Waals surface area contributed by atoms with E-state index in [1.165, 1.54) is 23.0 Å². The quantitative estimate of drug-likeness (QED) is 0.0303. The van der Waals surface area contributed by atoms with Gasteiger partial charge in [0.1, 0.15) is 19.0 Å². The van der Waals surface area contributed by atoms with Crippen LogP contribution in [-0.4, -0.2) is 72.3 Å². The minimum atomic E-state index is -4.44. The first-order valence-corrected chi connectivity index (χ1v) is 27.0. The number of allylic oxidation sites excluding steroid dienone is 6. The maximum absolute atomic E-state index is 13.5. The third-order valence-corrected chi connectivity index (χ3v) is 15.0. The molecule has 2 aliphatic heterocycles. The van der Waals surface area contributed by atoms with Crippen molar-refractivity contribution in [1.29, 1.82) is 0 Å². The zero-order valence-electron chi connectivity index (χ0n) is 42.6. The van der Waals surface area contributed by atoms with Gasteiger partial charge in [0, 0.05) is 79.1 Å². The Balaban J connectivity index is 1.18. The fourth-order valence-electron chi connectivity index (χ4n) is 10.2. The number of fused-ring (bicyclic) bond motifs is 2. The number of hydrogen-bond donors (Lipinski definition) is 2. The Morgan fingerprint density at radius 3 is 2.16 bits per heavy atom. The lowest BCUT2D eigenvalue weighted by atomic mass is 9.77. The zero-order chi connectivity index (χ0) is 51.1. The predicted octanol–water partition coefficient (Wildman–Crippen LogP) is 11.9. The number of para-hydroxylation sites is 1. The molecule has 2 aliphatic rings. The molecule has 0 spiro atoms. The maximum atomic E-state index is 13.5. The van der Waals surface area contributed by atoms with E-state index in [1.54, 1.807) is 6.07 Å². The molecule has 378 valence electrons. The minimum Gasteiger partial charge on any atom is -0.346 e. The van der Waals surface area contributed by atoms with Crippen molar-refractivity contribution in [2.45, 2.75) is 160 Å². The molecule has 2 N–H and O–H groups in total. The van der Waals surface area contributed by atoms with Crippen LogP contribution in [0.1, 0.15) is 149 Å². The normalized spacial score (nSPS) is 18.0. The van der Waals surface area contributed by atoms with Crippen molar-refractivity contribution < 1.29 is 41.1 Å². The van der Waals surface area contributed by atoms with Crippen LogP contribution in [0.3, 0.4) is 0 Å². The number of amides is 1. The first-order valence-electron chi connectivity index (χ1n) is 25.5. The molecule has 3 aromatic rings. The Morgan fingerprint density at radius 2 is 1.49 bits per heavy atom. The minimum absolute atomic E-state index is 0.123. The Labute approximate surface area is 417 Å². The molecule has 2 unspecified atom stereocenters. The summed E-state index contributed by atoms with van der Waals surface area (Å²) in [4.78, 5) is 54.0. The van der Waals surface area contributed by atoms with Gasteiger partial charge in [0.25, 0.3) is 10.1 Å². The fourth-order valence-corrected chi connectivity index (χ4v) is 10.7. The summed E-state index contributed by atoms with van der Waals surface area (Å²) in [6.07, 6.45) is 18.5. The van der Waals surface area contributed by atoms with Gasteiger partial charge in [-0.05, 0) is 101 Å². The molecule has 70 heavy (non-hydrogen) atoms. The van der Waals surface area contributed by atoms with Crippen LogP contribution >= 0.6 is 0 Å². The van der Waals surface area contributed by atoms with Crippen LogP contribution in [0.15, 0.2) is 114 Å². The van der Waals surface area contributed by atoms with Gasteiger partial charge in [-0.15, -0.1) is 0 Å². The van der Waals surface area contributed by atoms with Crippen LogP contribution in [-0.2, 0) is 46.5 Å². The molecular weight excluding hydrogens is 902 g/mol. The van der Waals surface area contributed by atoms with Crippen LogP contribution in [0.2, 0.25) is 0 Å². The van der Waals surface area contributed by atoms with Gasteiger partial charge < -0.3 is 10.2 Å². The van der Waals surface area contributed by atoms with E-state index in [2.05, 4.69) is 104 Å². The van der Waals surface area contributed by atoms with Crippen molar-refractivity contribution in [2.24, 2.45) is 11.8 Å². The van der Waals surface area contributed by atoms with Crippen molar-refractivity contribution in [3.63, 3.8) is 0 Å². The van der Waals surface area contributed by atoms with Crippen LogP contribution in [0.25, 0.3) is 0 Å². The molecule has 0 aromatic heterocycles. The van der Waals surface area contributed by atoms with Crippen molar-refractivity contribution in [3.8, 4) is 0 Å². The number of ketones is 3. The average molecular weight is 979 g/mol. The van der Waals surface area contributed by atoms with Crippen molar-refractivity contribution >= 4 is 50.5 Å². The van der Waals surface area contributed by atoms with Gasteiger partial charge >= 0.3 is 0 Å². The molecule has 2 heterocycles. The van der Waals surface area contributed by atoms with Crippen LogP contribution in [0.4, 0.5) is 15.8 Å². The molecule has 12 heteroatoms. The summed E-state index contributed by atoms with van der Waals surface area (Å²) in [5, 5.41) is 2.84. The second-order valence-corrected chi connectivity index (χ2v) is 21.6. The highest BCUT2D eigenvalue weighted by molar-refractivity contribution is 7.85. The highest BCUT2D eigenvalue weighted by atomic mass is 32.2. The molecule has 0 saturated heterocycles. The third-order valence-electron chi connectivity index (χ3n) is 14.2. The lowest BCUT2D eigenvalue weighted by Gasteiger charge is -2.30. The second-order valence-electron chi connectivity index (χ2n) is 20.2. The number of Topliss-reactive ketones (excluding diaryl/α,β-unsaturated/α-hetero) is 3. The van der Waals surface area contributed by atoms with E-state index >= 15 is 0 Å². The molecule has 0 saturated carbocycles. The van der Waals surface area contributed by atoms with Gasteiger partial charge in [0.2, 0.25) is 11.6 Å².